The van der Waals surface area contributed by atoms with Gasteiger partial charge in [0.1, 0.15) is 5.58 Å². The third-order valence-corrected chi connectivity index (χ3v) is 5.21. The van der Waals surface area contributed by atoms with Gasteiger partial charge in [0.05, 0.1) is 11.3 Å². The predicted octanol–water partition coefficient (Wildman–Crippen LogP) is 3.59. The van der Waals surface area contributed by atoms with E-state index in [0.29, 0.717) is 30.5 Å². The number of para-hydroxylation sites is 1. The molecule has 0 aliphatic carbocycles. The summed E-state index contributed by atoms with van der Waals surface area (Å²) in [5.74, 6) is -0.760. The molecule has 1 aromatic heterocycles. The van der Waals surface area contributed by atoms with Crippen LogP contribution in [0.4, 0.5) is 5.69 Å². The third kappa shape index (κ3) is 4.06. The molecule has 1 fully saturated rings. The number of likely N-dealkylation sites (tertiary alicyclic amines) is 1. The van der Waals surface area contributed by atoms with Crippen molar-refractivity contribution in [3.8, 4) is 0 Å². The fraction of sp³-hybridized carbons (Fsp3) is 0.261. The first-order valence-electron chi connectivity index (χ1n) is 9.71. The van der Waals surface area contributed by atoms with E-state index in [4.69, 9.17) is 4.42 Å². The Kier molecular flexibility index (Phi) is 5.16. The Balaban J connectivity index is 1.51. The summed E-state index contributed by atoms with van der Waals surface area (Å²) in [7, 11) is 0. The maximum absolute atomic E-state index is 13.0. The minimum atomic E-state index is -0.359. The lowest BCUT2D eigenvalue weighted by atomic mass is 9.96. The predicted molar refractivity (Wildman–Crippen MR) is 111 cm³/mol. The van der Waals surface area contributed by atoms with Crippen molar-refractivity contribution < 1.29 is 14.0 Å². The van der Waals surface area contributed by atoms with Crippen molar-refractivity contribution in [3.63, 3.8) is 0 Å². The van der Waals surface area contributed by atoms with Crippen LogP contribution >= 0.6 is 0 Å². The highest BCUT2D eigenvalue weighted by Gasteiger charge is 2.30. The second-order valence-electron chi connectivity index (χ2n) is 7.42. The fourth-order valence-electron chi connectivity index (χ4n) is 3.67. The van der Waals surface area contributed by atoms with Crippen LogP contribution < -0.4 is 10.7 Å². The molecule has 4 rings (SSSR count). The Bertz CT molecular complexity index is 1120. The lowest BCUT2D eigenvalue weighted by molar-refractivity contribution is -0.121. The van der Waals surface area contributed by atoms with Crippen LogP contribution in [0.3, 0.4) is 0 Å². The quantitative estimate of drug-likeness (QED) is 0.741. The van der Waals surface area contributed by atoms with Crippen molar-refractivity contribution >= 4 is 28.5 Å². The van der Waals surface area contributed by atoms with Crippen molar-refractivity contribution in [2.45, 2.75) is 19.8 Å². The van der Waals surface area contributed by atoms with E-state index in [-0.39, 0.29) is 28.9 Å². The van der Waals surface area contributed by atoms with Gasteiger partial charge in [-0.05, 0) is 44.0 Å². The highest BCUT2D eigenvalue weighted by molar-refractivity contribution is 5.95. The van der Waals surface area contributed by atoms with Gasteiger partial charge in [0.15, 0.2) is 11.2 Å². The topological polar surface area (TPSA) is 79.6 Å². The van der Waals surface area contributed by atoms with E-state index < -0.39 is 0 Å². The molecular formula is C23H22N2O4. The summed E-state index contributed by atoms with van der Waals surface area (Å²) in [5.41, 5.74) is 1.83. The molecule has 3 aromatic rings. The number of hydrogen-bond donors (Lipinski definition) is 1. The van der Waals surface area contributed by atoms with Gasteiger partial charge < -0.3 is 14.6 Å². The van der Waals surface area contributed by atoms with E-state index in [1.807, 2.05) is 43.3 Å². The van der Waals surface area contributed by atoms with Crippen LogP contribution in [-0.2, 0) is 4.79 Å². The van der Waals surface area contributed by atoms with Crippen LogP contribution in [0.2, 0.25) is 0 Å². The first-order valence-corrected chi connectivity index (χ1v) is 9.71. The van der Waals surface area contributed by atoms with E-state index in [1.165, 1.54) is 6.07 Å². The fourth-order valence-corrected chi connectivity index (χ4v) is 3.67. The summed E-state index contributed by atoms with van der Waals surface area (Å²) in [6.07, 6.45) is 1.43. The van der Waals surface area contributed by atoms with Crippen molar-refractivity contribution in [1.29, 1.82) is 0 Å². The molecule has 2 heterocycles. The maximum Gasteiger partial charge on any atom is 0.289 e. The van der Waals surface area contributed by atoms with Gasteiger partial charge in [0.2, 0.25) is 5.91 Å². The number of piperidine rings is 1. The van der Waals surface area contributed by atoms with Crippen LogP contribution in [0.25, 0.3) is 11.0 Å². The number of nitrogens with zero attached hydrogens (tertiary/aromatic N) is 1. The molecule has 0 radical (unpaired) electrons. The molecule has 2 aromatic carbocycles. The van der Waals surface area contributed by atoms with Crippen LogP contribution in [0, 0.1) is 12.8 Å². The molecule has 2 amide bonds. The number of benzene rings is 2. The average molecular weight is 390 g/mol. The van der Waals surface area contributed by atoms with Gasteiger partial charge in [0, 0.05) is 24.8 Å². The normalized spacial score (nSPS) is 16.6. The summed E-state index contributed by atoms with van der Waals surface area (Å²) >= 11 is 0. The molecule has 29 heavy (non-hydrogen) atoms. The molecule has 0 unspecified atom stereocenters. The largest absolute Gasteiger partial charge is 0.451 e. The SMILES string of the molecule is Cc1ccc2oc(C(=O)N3CCC[C@H](C(=O)Nc4ccccc4)C3)cc(=O)c2c1. The second kappa shape index (κ2) is 7.91. The number of carbonyl (C=O) groups excluding carboxylic acids is 2. The van der Waals surface area contributed by atoms with Gasteiger partial charge in [-0.1, -0.05) is 29.8 Å². The van der Waals surface area contributed by atoms with Crippen molar-refractivity contribution in [3.05, 3.63) is 76.1 Å². The van der Waals surface area contributed by atoms with E-state index in [1.54, 1.807) is 17.0 Å². The van der Waals surface area contributed by atoms with Crippen LogP contribution in [0.1, 0.15) is 29.0 Å². The van der Waals surface area contributed by atoms with E-state index in [2.05, 4.69) is 5.32 Å². The zero-order valence-electron chi connectivity index (χ0n) is 16.2. The molecule has 1 aliphatic rings. The molecule has 1 N–H and O–H groups in total. The lowest BCUT2D eigenvalue weighted by Crippen LogP contribution is -2.44. The number of aryl methyl sites for hydroxylation is 1. The Morgan fingerprint density at radius 1 is 1.10 bits per heavy atom. The van der Waals surface area contributed by atoms with Gasteiger partial charge in [0.25, 0.3) is 5.91 Å². The number of fused-ring (bicyclic) bond motifs is 1. The third-order valence-electron chi connectivity index (χ3n) is 5.21. The molecule has 0 spiro atoms. The van der Waals surface area contributed by atoms with Crippen molar-refractivity contribution in [2.24, 2.45) is 5.92 Å². The Hall–Kier alpha value is -3.41. The molecule has 1 aliphatic heterocycles. The molecule has 148 valence electrons. The van der Waals surface area contributed by atoms with Gasteiger partial charge in [-0.25, -0.2) is 0 Å². The van der Waals surface area contributed by atoms with Gasteiger partial charge in [-0.15, -0.1) is 0 Å². The molecule has 6 heteroatoms. The zero-order valence-corrected chi connectivity index (χ0v) is 16.2. The van der Waals surface area contributed by atoms with Crippen LogP contribution in [-0.4, -0.2) is 29.8 Å². The van der Waals surface area contributed by atoms with E-state index in [9.17, 15) is 14.4 Å². The number of rotatable bonds is 3. The monoisotopic (exact) mass is 390 g/mol. The van der Waals surface area contributed by atoms with E-state index in [0.717, 1.165) is 17.7 Å². The molecule has 6 nitrogen and oxygen atoms in total. The summed E-state index contributed by atoms with van der Waals surface area (Å²) < 4.78 is 5.71. The van der Waals surface area contributed by atoms with Crippen molar-refractivity contribution in [1.82, 2.24) is 4.90 Å². The van der Waals surface area contributed by atoms with Crippen molar-refractivity contribution in [2.75, 3.05) is 18.4 Å². The maximum atomic E-state index is 13.0. The number of nitrogens with one attached hydrogen (secondary N) is 1. The zero-order chi connectivity index (χ0) is 20.4. The minimum Gasteiger partial charge on any atom is -0.451 e. The Labute approximate surface area is 168 Å². The smallest absolute Gasteiger partial charge is 0.289 e. The lowest BCUT2D eigenvalue weighted by Gasteiger charge is -2.31. The summed E-state index contributed by atoms with van der Waals surface area (Å²) in [4.78, 5) is 39.6. The average Bonchev–Trinajstić information content (AvgIpc) is 2.74. The van der Waals surface area contributed by atoms with Gasteiger partial charge in [-0.2, -0.15) is 0 Å². The first kappa shape index (κ1) is 18.9. The van der Waals surface area contributed by atoms with Crippen LogP contribution in [0.5, 0.6) is 0 Å². The number of anilines is 1. The minimum absolute atomic E-state index is 0.00969. The summed E-state index contributed by atoms with van der Waals surface area (Å²) in [6.45, 7) is 2.73. The van der Waals surface area contributed by atoms with E-state index >= 15 is 0 Å². The summed E-state index contributed by atoms with van der Waals surface area (Å²) in [6, 6.07) is 15.8. The Morgan fingerprint density at radius 2 is 1.90 bits per heavy atom. The highest BCUT2D eigenvalue weighted by atomic mass is 16.3. The molecule has 1 atom stereocenters. The number of amides is 2. The first-order chi connectivity index (χ1) is 14.0. The van der Waals surface area contributed by atoms with Gasteiger partial charge >= 0.3 is 0 Å². The van der Waals surface area contributed by atoms with Gasteiger partial charge in [-0.3, -0.25) is 14.4 Å². The Morgan fingerprint density at radius 3 is 2.69 bits per heavy atom. The molecule has 0 saturated carbocycles. The second-order valence-corrected chi connectivity index (χ2v) is 7.42. The number of carbonyl (C=O) groups is 2. The summed E-state index contributed by atoms with van der Waals surface area (Å²) in [5, 5.41) is 3.36. The molecule has 0 bridgehead atoms. The molecule has 1 saturated heterocycles. The highest BCUT2D eigenvalue weighted by Crippen LogP contribution is 2.22. The van der Waals surface area contributed by atoms with Crippen LogP contribution in [0.15, 0.2) is 63.8 Å². The number of hydrogen-bond acceptors (Lipinski definition) is 4. The molecular weight excluding hydrogens is 368 g/mol. The standard InChI is InChI=1S/C23H22N2O4/c1-15-9-10-20-18(12-15)19(26)13-21(29-20)23(28)25-11-5-6-16(14-25)22(27)24-17-7-3-2-4-8-17/h2-4,7-10,12-13,16H,5-6,11,14H2,1H3,(H,24,27)/t16-/m0/s1.